The predicted octanol–water partition coefficient (Wildman–Crippen LogP) is 2.35. The van der Waals surface area contributed by atoms with Crippen molar-refractivity contribution in [1.29, 1.82) is 0 Å². The normalized spacial score (nSPS) is 12.2. The van der Waals surface area contributed by atoms with Crippen LogP contribution in [0.25, 0.3) is 21.8 Å². The largest absolute Gasteiger partial charge is 0.364 e. The average Bonchev–Trinajstić information content (AvgIpc) is 2.85. The van der Waals surface area contributed by atoms with Gasteiger partial charge in [0, 0.05) is 18.0 Å². The van der Waals surface area contributed by atoms with E-state index in [4.69, 9.17) is 5.73 Å². The van der Waals surface area contributed by atoms with Crippen LogP contribution in [-0.4, -0.2) is 15.0 Å². The molecule has 2 aromatic heterocycles. The summed E-state index contributed by atoms with van der Waals surface area (Å²) in [6.07, 6.45) is 0. The molecule has 5 heteroatoms. The van der Waals surface area contributed by atoms with Crippen LogP contribution in [0.2, 0.25) is 0 Å². The van der Waals surface area contributed by atoms with Crippen LogP contribution in [0.1, 0.15) is 31.3 Å². The van der Waals surface area contributed by atoms with Crippen LogP contribution in [-0.2, 0) is 12.6 Å². The van der Waals surface area contributed by atoms with Gasteiger partial charge in [-0.15, -0.1) is 0 Å². The molecule has 2 N–H and O–H groups in total. The molecule has 0 bridgehead atoms. The molecule has 114 valence electrons. The lowest BCUT2D eigenvalue weighted by atomic mass is 10.1. The van der Waals surface area contributed by atoms with E-state index in [1.165, 1.54) is 0 Å². The van der Waals surface area contributed by atoms with Gasteiger partial charge in [-0.3, -0.25) is 9.59 Å². The summed E-state index contributed by atoms with van der Waals surface area (Å²) in [5.41, 5.74) is 6.99. The molecule has 22 heavy (non-hydrogen) atoms. The number of carbonyl (C=O) groups is 1. The summed E-state index contributed by atoms with van der Waals surface area (Å²) in [5, 5.41) is 1.45. The number of primary amides is 1. The van der Waals surface area contributed by atoms with Crippen molar-refractivity contribution in [2.45, 2.75) is 26.3 Å². The lowest BCUT2D eigenvalue weighted by Crippen LogP contribution is -2.28. The zero-order valence-corrected chi connectivity index (χ0v) is 13.2. The standard InChI is InChI=1S/C17H19N3O2/c1-17(2,3)20-13(15(18)21)9-11-14(20)10-7-5-6-8-12(10)19(4)16(11)22/h5-9H,1-4H3,(H2,18,21). The molecule has 3 rings (SSSR count). The number of aromatic nitrogens is 2. The van der Waals surface area contributed by atoms with Crippen LogP contribution in [0, 0.1) is 0 Å². The maximum Gasteiger partial charge on any atom is 0.265 e. The zero-order valence-electron chi connectivity index (χ0n) is 13.2. The Labute approximate surface area is 127 Å². The number of hydrogen-bond donors (Lipinski definition) is 1. The molecule has 0 fully saturated rings. The Balaban J connectivity index is 2.70. The SMILES string of the molecule is Cn1c(=O)c2cc(C(N)=O)n(C(C)(C)C)c2c2ccccc21. The highest BCUT2D eigenvalue weighted by Crippen LogP contribution is 2.30. The van der Waals surface area contributed by atoms with Gasteiger partial charge in [0.15, 0.2) is 0 Å². The third-order valence-electron chi connectivity index (χ3n) is 3.98. The second-order valence-electron chi connectivity index (χ2n) is 6.54. The third-order valence-corrected chi connectivity index (χ3v) is 3.98. The summed E-state index contributed by atoms with van der Waals surface area (Å²) in [6, 6.07) is 9.30. The first kappa shape index (κ1) is 14.4. The molecule has 0 aliphatic carbocycles. The smallest absolute Gasteiger partial charge is 0.265 e. The number of carbonyl (C=O) groups excluding carboxylic acids is 1. The first-order chi connectivity index (χ1) is 10.2. The van der Waals surface area contributed by atoms with E-state index in [1.807, 2.05) is 49.6 Å². The van der Waals surface area contributed by atoms with E-state index in [0.29, 0.717) is 11.1 Å². The molecule has 0 unspecified atom stereocenters. The summed E-state index contributed by atoms with van der Waals surface area (Å²) < 4.78 is 3.48. The lowest BCUT2D eigenvalue weighted by Gasteiger charge is -2.25. The minimum atomic E-state index is -0.530. The maximum atomic E-state index is 12.7. The summed E-state index contributed by atoms with van der Waals surface area (Å²) in [6.45, 7) is 5.97. The van der Waals surface area contributed by atoms with Crippen molar-refractivity contribution in [2.75, 3.05) is 0 Å². The van der Waals surface area contributed by atoms with Gasteiger partial charge in [-0.05, 0) is 32.9 Å². The van der Waals surface area contributed by atoms with E-state index in [9.17, 15) is 9.59 Å². The maximum absolute atomic E-state index is 12.7. The second-order valence-corrected chi connectivity index (χ2v) is 6.54. The van der Waals surface area contributed by atoms with Crippen molar-refractivity contribution in [1.82, 2.24) is 9.13 Å². The van der Waals surface area contributed by atoms with Gasteiger partial charge in [-0.25, -0.2) is 0 Å². The molecule has 5 nitrogen and oxygen atoms in total. The summed E-state index contributed by atoms with van der Waals surface area (Å²) >= 11 is 0. The number of nitrogens with two attached hydrogens (primary N) is 1. The van der Waals surface area contributed by atoms with Crippen molar-refractivity contribution < 1.29 is 4.79 Å². The number of pyridine rings is 1. The number of aryl methyl sites for hydroxylation is 1. The molecule has 3 aromatic rings. The number of amides is 1. The number of hydrogen-bond acceptors (Lipinski definition) is 2. The molecule has 0 radical (unpaired) electrons. The number of benzene rings is 1. The third kappa shape index (κ3) is 1.85. The minimum Gasteiger partial charge on any atom is -0.364 e. The van der Waals surface area contributed by atoms with Crippen molar-refractivity contribution in [2.24, 2.45) is 12.8 Å². The average molecular weight is 297 g/mol. The zero-order chi connectivity index (χ0) is 16.2. The molecule has 0 aliphatic rings. The van der Waals surface area contributed by atoms with Gasteiger partial charge in [0.1, 0.15) is 5.69 Å². The lowest BCUT2D eigenvalue weighted by molar-refractivity contribution is 0.0986. The monoisotopic (exact) mass is 297 g/mol. The molecule has 0 saturated carbocycles. The molecule has 1 aromatic carbocycles. The molecular weight excluding hydrogens is 278 g/mol. The molecule has 0 aliphatic heterocycles. The second kappa shape index (κ2) is 4.47. The fourth-order valence-electron chi connectivity index (χ4n) is 3.07. The van der Waals surface area contributed by atoms with Crippen LogP contribution >= 0.6 is 0 Å². The van der Waals surface area contributed by atoms with Crippen molar-refractivity contribution >= 4 is 27.7 Å². The van der Waals surface area contributed by atoms with Gasteiger partial charge < -0.3 is 14.9 Å². The van der Waals surface area contributed by atoms with Crippen LogP contribution in [0.4, 0.5) is 0 Å². The number of rotatable bonds is 1. The highest BCUT2D eigenvalue weighted by molar-refractivity contribution is 6.08. The highest BCUT2D eigenvalue weighted by Gasteiger charge is 2.25. The van der Waals surface area contributed by atoms with E-state index in [2.05, 4.69) is 0 Å². The summed E-state index contributed by atoms with van der Waals surface area (Å²) in [5.74, 6) is -0.530. The molecule has 0 spiro atoms. The minimum absolute atomic E-state index is 0.126. The van der Waals surface area contributed by atoms with Gasteiger partial charge >= 0.3 is 0 Å². The van der Waals surface area contributed by atoms with E-state index in [1.54, 1.807) is 17.7 Å². The van der Waals surface area contributed by atoms with Crippen LogP contribution in [0.5, 0.6) is 0 Å². The molecule has 0 saturated heterocycles. The topological polar surface area (TPSA) is 70.0 Å². The van der Waals surface area contributed by atoms with Gasteiger partial charge in [0.2, 0.25) is 0 Å². The van der Waals surface area contributed by atoms with Crippen LogP contribution in [0.3, 0.4) is 0 Å². The fraction of sp³-hybridized carbons (Fsp3) is 0.294. The number of para-hydroxylation sites is 1. The Kier molecular flexibility index (Phi) is 2.92. The Morgan fingerprint density at radius 3 is 2.36 bits per heavy atom. The van der Waals surface area contributed by atoms with Crippen molar-refractivity contribution in [3.05, 3.63) is 46.4 Å². The van der Waals surface area contributed by atoms with Gasteiger partial charge in [-0.1, -0.05) is 18.2 Å². The first-order valence-electron chi connectivity index (χ1n) is 7.17. The Morgan fingerprint density at radius 1 is 1.14 bits per heavy atom. The van der Waals surface area contributed by atoms with E-state index in [-0.39, 0.29) is 11.1 Å². The summed E-state index contributed by atoms with van der Waals surface area (Å²) in [4.78, 5) is 24.5. The van der Waals surface area contributed by atoms with Crippen molar-refractivity contribution in [3.8, 4) is 0 Å². The summed E-state index contributed by atoms with van der Waals surface area (Å²) in [7, 11) is 1.74. The van der Waals surface area contributed by atoms with Gasteiger partial charge in [0.05, 0.1) is 16.4 Å². The van der Waals surface area contributed by atoms with E-state index >= 15 is 0 Å². The fourth-order valence-corrected chi connectivity index (χ4v) is 3.07. The predicted molar refractivity (Wildman–Crippen MR) is 88.2 cm³/mol. The first-order valence-corrected chi connectivity index (χ1v) is 7.17. The van der Waals surface area contributed by atoms with E-state index in [0.717, 1.165) is 16.4 Å². The van der Waals surface area contributed by atoms with Gasteiger partial charge in [-0.2, -0.15) is 0 Å². The van der Waals surface area contributed by atoms with E-state index < -0.39 is 5.91 Å². The van der Waals surface area contributed by atoms with Crippen molar-refractivity contribution in [3.63, 3.8) is 0 Å². The Hall–Kier alpha value is -2.56. The molecular formula is C17H19N3O2. The quantitative estimate of drug-likeness (QED) is 0.749. The van der Waals surface area contributed by atoms with Crippen LogP contribution in [0.15, 0.2) is 35.1 Å². The molecule has 1 amide bonds. The highest BCUT2D eigenvalue weighted by atomic mass is 16.1. The Bertz CT molecular complexity index is 971. The molecule has 2 heterocycles. The molecule has 0 atom stereocenters. The van der Waals surface area contributed by atoms with Crippen LogP contribution < -0.4 is 11.3 Å². The Morgan fingerprint density at radius 2 is 1.77 bits per heavy atom. The number of nitrogens with zero attached hydrogens (tertiary/aromatic N) is 2. The van der Waals surface area contributed by atoms with Gasteiger partial charge in [0.25, 0.3) is 11.5 Å². The number of fused-ring (bicyclic) bond motifs is 3.